The highest BCUT2D eigenvalue weighted by atomic mass is 79.9. The number of benzene rings is 2. The predicted octanol–water partition coefficient (Wildman–Crippen LogP) is 4.50. The highest BCUT2D eigenvalue weighted by Crippen LogP contribution is 2.28. The first-order valence-electron chi connectivity index (χ1n) is 7.80. The third-order valence-electron chi connectivity index (χ3n) is 4.13. The molecular weight excluding hydrogens is 378 g/mol. The van der Waals surface area contributed by atoms with Crippen LogP contribution >= 0.6 is 15.9 Å². The van der Waals surface area contributed by atoms with Gasteiger partial charge in [-0.2, -0.15) is 0 Å². The Morgan fingerprint density at radius 2 is 1.75 bits per heavy atom. The Bertz CT molecular complexity index is 730. The van der Waals surface area contributed by atoms with Crippen LogP contribution in [0.15, 0.2) is 46.9 Å². The van der Waals surface area contributed by atoms with Crippen molar-refractivity contribution in [3.63, 3.8) is 0 Å². The number of likely N-dealkylation sites (tertiary alicyclic amines) is 1. The number of rotatable bonds is 4. The third kappa shape index (κ3) is 3.82. The number of anilines is 1. The van der Waals surface area contributed by atoms with Crippen LogP contribution in [0.25, 0.3) is 0 Å². The van der Waals surface area contributed by atoms with E-state index in [1.54, 1.807) is 0 Å². The van der Waals surface area contributed by atoms with Gasteiger partial charge in [0, 0.05) is 10.5 Å². The number of carbonyl (C=O) groups is 1. The van der Waals surface area contributed by atoms with E-state index in [1.165, 1.54) is 6.07 Å². The average molecular weight is 395 g/mol. The first-order valence-corrected chi connectivity index (χ1v) is 8.59. The topological polar surface area (TPSA) is 32.3 Å². The van der Waals surface area contributed by atoms with Gasteiger partial charge in [0.15, 0.2) is 0 Å². The minimum Gasteiger partial charge on any atom is -0.322 e. The van der Waals surface area contributed by atoms with Crippen LogP contribution in [0.3, 0.4) is 0 Å². The number of nitrogens with one attached hydrogen (secondary N) is 1. The molecule has 0 radical (unpaired) electrons. The van der Waals surface area contributed by atoms with Gasteiger partial charge in [0.2, 0.25) is 5.91 Å². The smallest absolute Gasteiger partial charge is 0.246 e. The van der Waals surface area contributed by atoms with E-state index < -0.39 is 17.7 Å². The molecule has 1 fully saturated rings. The second-order valence-corrected chi connectivity index (χ2v) is 6.73. The predicted molar refractivity (Wildman–Crippen MR) is 92.7 cm³/mol. The molecule has 0 bridgehead atoms. The number of halogens is 3. The molecule has 1 aliphatic heterocycles. The fraction of sp³-hybridized carbons (Fsp3) is 0.278. The summed E-state index contributed by atoms with van der Waals surface area (Å²) < 4.78 is 27.8. The zero-order valence-electron chi connectivity index (χ0n) is 12.9. The van der Waals surface area contributed by atoms with Gasteiger partial charge in [-0.05, 0) is 55.8 Å². The van der Waals surface area contributed by atoms with Crippen molar-refractivity contribution in [1.29, 1.82) is 0 Å². The average Bonchev–Trinajstić information content (AvgIpc) is 3.06. The zero-order chi connectivity index (χ0) is 17.1. The Morgan fingerprint density at radius 3 is 2.38 bits per heavy atom. The van der Waals surface area contributed by atoms with Gasteiger partial charge in [-0.15, -0.1) is 0 Å². The summed E-state index contributed by atoms with van der Waals surface area (Å²) in [6.07, 6.45) is 2.07. The molecule has 0 saturated carbocycles. The fourth-order valence-corrected chi connectivity index (χ4v) is 3.23. The van der Waals surface area contributed by atoms with Crippen molar-refractivity contribution in [3.8, 4) is 0 Å². The second-order valence-electron chi connectivity index (χ2n) is 5.81. The van der Waals surface area contributed by atoms with E-state index in [2.05, 4.69) is 26.1 Å². The van der Waals surface area contributed by atoms with Crippen molar-refractivity contribution in [1.82, 2.24) is 4.90 Å². The maximum Gasteiger partial charge on any atom is 0.246 e. The molecule has 1 aliphatic rings. The molecule has 24 heavy (non-hydrogen) atoms. The summed E-state index contributed by atoms with van der Waals surface area (Å²) in [5.41, 5.74) is 0.836. The highest BCUT2D eigenvalue weighted by Gasteiger charge is 2.30. The number of nitrogens with zero attached hydrogens (tertiary/aromatic N) is 1. The van der Waals surface area contributed by atoms with E-state index >= 15 is 0 Å². The summed E-state index contributed by atoms with van der Waals surface area (Å²) in [5.74, 6) is -1.77. The maximum atomic E-state index is 13.8. The fourth-order valence-electron chi connectivity index (χ4n) is 2.96. The SMILES string of the molecule is O=C(Nc1ccc(F)cc1F)C(c1ccc(Br)cc1)N1CCCC1. The normalized spacial score (nSPS) is 16.1. The molecule has 1 N–H and O–H groups in total. The first kappa shape index (κ1) is 17.0. The molecule has 3 rings (SSSR count). The molecule has 6 heteroatoms. The van der Waals surface area contributed by atoms with Crippen LogP contribution in [-0.2, 0) is 4.79 Å². The van der Waals surface area contributed by atoms with Gasteiger partial charge in [-0.1, -0.05) is 28.1 Å². The van der Waals surface area contributed by atoms with Crippen molar-refractivity contribution < 1.29 is 13.6 Å². The lowest BCUT2D eigenvalue weighted by atomic mass is 10.0. The molecule has 1 unspecified atom stereocenters. The molecular formula is C18H17BrF2N2O. The van der Waals surface area contributed by atoms with Crippen LogP contribution in [0.5, 0.6) is 0 Å². The Labute approximate surface area is 147 Å². The van der Waals surface area contributed by atoms with Gasteiger partial charge in [0.05, 0.1) is 5.69 Å². The van der Waals surface area contributed by atoms with E-state index in [4.69, 9.17) is 0 Å². The van der Waals surface area contributed by atoms with Crippen molar-refractivity contribution in [2.24, 2.45) is 0 Å². The Balaban J connectivity index is 1.86. The molecule has 1 amide bonds. The number of hydrogen-bond acceptors (Lipinski definition) is 2. The van der Waals surface area contributed by atoms with E-state index in [0.717, 1.165) is 48.1 Å². The Morgan fingerprint density at radius 1 is 1.08 bits per heavy atom. The van der Waals surface area contributed by atoms with Gasteiger partial charge in [0.25, 0.3) is 0 Å². The molecule has 1 atom stereocenters. The van der Waals surface area contributed by atoms with Crippen LogP contribution in [0.4, 0.5) is 14.5 Å². The van der Waals surface area contributed by atoms with E-state index in [9.17, 15) is 13.6 Å². The Hall–Kier alpha value is -1.79. The third-order valence-corrected chi connectivity index (χ3v) is 4.66. The molecule has 0 aromatic heterocycles. The van der Waals surface area contributed by atoms with Gasteiger partial charge in [-0.25, -0.2) is 8.78 Å². The zero-order valence-corrected chi connectivity index (χ0v) is 14.5. The summed E-state index contributed by atoms with van der Waals surface area (Å²) in [7, 11) is 0. The van der Waals surface area contributed by atoms with Gasteiger partial charge in [-0.3, -0.25) is 9.69 Å². The van der Waals surface area contributed by atoms with Gasteiger partial charge in [0.1, 0.15) is 17.7 Å². The van der Waals surface area contributed by atoms with Crippen molar-refractivity contribution in [2.45, 2.75) is 18.9 Å². The molecule has 0 aliphatic carbocycles. The van der Waals surface area contributed by atoms with Crippen LogP contribution in [0, 0.1) is 11.6 Å². The molecule has 3 nitrogen and oxygen atoms in total. The number of hydrogen-bond donors (Lipinski definition) is 1. The monoisotopic (exact) mass is 394 g/mol. The Kier molecular flexibility index (Phi) is 5.26. The number of amides is 1. The van der Waals surface area contributed by atoms with Crippen LogP contribution in [-0.4, -0.2) is 23.9 Å². The summed E-state index contributed by atoms with van der Waals surface area (Å²) in [4.78, 5) is 14.9. The first-order chi connectivity index (χ1) is 11.5. The van der Waals surface area contributed by atoms with Crippen molar-refractivity contribution in [2.75, 3.05) is 18.4 Å². The minimum absolute atomic E-state index is 0.0114. The standard InChI is InChI=1S/C18H17BrF2N2O/c19-13-5-3-12(4-6-13)17(23-9-1-2-10-23)18(24)22-16-8-7-14(20)11-15(16)21/h3-8,11,17H,1-2,9-10H2,(H,22,24). The lowest BCUT2D eigenvalue weighted by Crippen LogP contribution is -2.35. The molecule has 1 saturated heterocycles. The molecule has 2 aromatic rings. The summed E-state index contributed by atoms with van der Waals surface area (Å²) in [5, 5.41) is 2.59. The molecule has 2 aromatic carbocycles. The van der Waals surface area contributed by atoms with Crippen molar-refractivity contribution in [3.05, 3.63) is 64.1 Å². The van der Waals surface area contributed by atoms with Gasteiger partial charge < -0.3 is 5.32 Å². The highest BCUT2D eigenvalue weighted by molar-refractivity contribution is 9.10. The molecule has 126 valence electrons. The lowest BCUT2D eigenvalue weighted by Gasteiger charge is -2.27. The number of carbonyl (C=O) groups excluding carboxylic acids is 1. The summed E-state index contributed by atoms with van der Waals surface area (Å²) in [6.45, 7) is 1.64. The van der Waals surface area contributed by atoms with Crippen LogP contribution < -0.4 is 5.32 Å². The van der Waals surface area contributed by atoms with E-state index in [1.807, 2.05) is 24.3 Å². The lowest BCUT2D eigenvalue weighted by molar-refractivity contribution is -0.121. The second kappa shape index (κ2) is 7.40. The maximum absolute atomic E-state index is 13.8. The van der Waals surface area contributed by atoms with E-state index in [-0.39, 0.29) is 11.6 Å². The largest absolute Gasteiger partial charge is 0.322 e. The molecule has 0 spiro atoms. The summed E-state index contributed by atoms with van der Waals surface area (Å²) in [6, 6.07) is 10.2. The van der Waals surface area contributed by atoms with Gasteiger partial charge >= 0.3 is 0 Å². The van der Waals surface area contributed by atoms with E-state index in [0.29, 0.717) is 0 Å². The molecule has 1 heterocycles. The quantitative estimate of drug-likeness (QED) is 0.827. The summed E-state index contributed by atoms with van der Waals surface area (Å²) >= 11 is 3.39. The van der Waals surface area contributed by atoms with Crippen LogP contribution in [0.2, 0.25) is 0 Å². The van der Waals surface area contributed by atoms with Crippen molar-refractivity contribution >= 4 is 27.5 Å². The minimum atomic E-state index is -0.778. The van der Waals surface area contributed by atoms with Crippen LogP contribution in [0.1, 0.15) is 24.4 Å².